The lowest BCUT2D eigenvalue weighted by Crippen LogP contribution is -2.24. The van der Waals surface area contributed by atoms with Crippen LogP contribution in [0.5, 0.6) is 0 Å². The Kier molecular flexibility index (Phi) is 4.26. The van der Waals surface area contributed by atoms with E-state index in [0.717, 1.165) is 5.69 Å². The minimum absolute atomic E-state index is 0.108. The molecule has 2 aromatic heterocycles. The lowest BCUT2D eigenvalue weighted by atomic mass is 10.3. The minimum atomic E-state index is -0.108. The molecule has 0 atom stereocenters. The van der Waals surface area contributed by atoms with Crippen LogP contribution in [0.4, 0.5) is 0 Å². The average molecular weight is 316 g/mol. The van der Waals surface area contributed by atoms with Crippen molar-refractivity contribution in [2.24, 2.45) is 0 Å². The number of rotatable bonds is 5. The minimum Gasteiger partial charge on any atom is -0.383 e. The largest absolute Gasteiger partial charge is 0.383 e. The summed E-state index contributed by atoms with van der Waals surface area (Å²) in [5.74, 6) is 0. The molecule has 0 saturated carbocycles. The van der Waals surface area contributed by atoms with Crippen molar-refractivity contribution in [1.82, 2.24) is 19.3 Å². The molecule has 3 rings (SSSR count). The number of thioether (sulfide) groups is 1. The molecule has 0 spiro atoms. The van der Waals surface area contributed by atoms with E-state index < -0.39 is 0 Å². The maximum absolute atomic E-state index is 12.6. The molecule has 1 aromatic carbocycles. The normalized spacial score (nSPS) is 11.2. The monoisotopic (exact) mass is 316 g/mol. The van der Waals surface area contributed by atoms with Crippen LogP contribution in [-0.2, 0) is 11.3 Å². The summed E-state index contributed by atoms with van der Waals surface area (Å²) in [6.07, 6.45) is 3.51. The lowest BCUT2D eigenvalue weighted by molar-refractivity contribution is 0.180. The quantitative estimate of drug-likeness (QED) is 0.532. The molecule has 22 heavy (non-hydrogen) atoms. The number of benzene rings is 1. The van der Waals surface area contributed by atoms with Crippen molar-refractivity contribution in [3.8, 4) is 5.69 Å². The summed E-state index contributed by atoms with van der Waals surface area (Å²) >= 11 is 1.45. The Hall–Kier alpha value is -2.12. The summed E-state index contributed by atoms with van der Waals surface area (Å²) in [5.41, 5.74) is 1.40. The van der Waals surface area contributed by atoms with Crippen LogP contribution in [0.15, 0.2) is 46.5 Å². The molecule has 0 aliphatic carbocycles. The Balaban J connectivity index is 2.31. The fourth-order valence-electron chi connectivity index (χ4n) is 2.32. The van der Waals surface area contributed by atoms with E-state index in [2.05, 4.69) is 9.97 Å². The van der Waals surface area contributed by atoms with Gasteiger partial charge in [-0.25, -0.2) is 19.3 Å². The average Bonchev–Trinajstić information content (AvgIpc) is 2.85. The van der Waals surface area contributed by atoms with Gasteiger partial charge in [0.05, 0.1) is 18.8 Å². The maximum Gasteiger partial charge on any atom is 0.278 e. The summed E-state index contributed by atoms with van der Waals surface area (Å²) in [6, 6.07) is 9.70. The first-order valence-corrected chi connectivity index (χ1v) is 8.05. The zero-order valence-electron chi connectivity index (χ0n) is 12.4. The van der Waals surface area contributed by atoms with Gasteiger partial charge in [-0.15, -0.1) is 0 Å². The zero-order valence-corrected chi connectivity index (χ0v) is 13.2. The summed E-state index contributed by atoms with van der Waals surface area (Å²) < 4.78 is 8.59. The summed E-state index contributed by atoms with van der Waals surface area (Å²) in [5, 5.41) is 1.15. The van der Waals surface area contributed by atoms with Gasteiger partial charge >= 0.3 is 0 Å². The molecule has 0 radical (unpaired) electrons. The van der Waals surface area contributed by atoms with Crippen LogP contribution in [0.1, 0.15) is 0 Å². The third kappa shape index (κ3) is 2.53. The predicted octanol–water partition coefficient (Wildman–Crippen LogP) is 1.95. The van der Waals surface area contributed by atoms with Gasteiger partial charge in [0.1, 0.15) is 5.39 Å². The summed E-state index contributed by atoms with van der Waals surface area (Å²) in [4.78, 5) is 21.3. The van der Waals surface area contributed by atoms with Gasteiger partial charge in [0, 0.05) is 13.3 Å². The second kappa shape index (κ2) is 6.33. The van der Waals surface area contributed by atoms with E-state index in [0.29, 0.717) is 29.3 Å². The molecule has 0 N–H and O–H groups in total. The Bertz CT molecular complexity index is 842. The number of hydrogen-bond donors (Lipinski definition) is 0. The van der Waals surface area contributed by atoms with Crippen molar-refractivity contribution in [3.05, 3.63) is 46.9 Å². The molecule has 0 aliphatic heterocycles. The molecule has 0 unspecified atom stereocenters. The van der Waals surface area contributed by atoms with E-state index >= 15 is 0 Å². The topological polar surface area (TPSA) is 61.9 Å². The van der Waals surface area contributed by atoms with Crippen LogP contribution >= 0.6 is 11.8 Å². The number of fused-ring (bicyclic) bond motifs is 1. The second-order valence-corrected chi connectivity index (χ2v) is 5.44. The first kappa shape index (κ1) is 14.8. The molecule has 0 amide bonds. The molecule has 6 nitrogen and oxygen atoms in total. The fourth-order valence-corrected chi connectivity index (χ4v) is 2.66. The molecule has 2 heterocycles. The number of aromatic nitrogens is 4. The third-order valence-electron chi connectivity index (χ3n) is 3.34. The van der Waals surface area contributed by atoms with Gasteiger partial charge < -0.3 is 4.74 Å². The second-order valence-electron chi connectivity index (χ2n) is 4.66. The molecular formula is C15H16N4O2S. The van der Waals surface area contributed by atoms with Crippen LogP contribution in [0.2, 0.25) is 0 Å². The lowest BCUT2D eigenvalue weighted by Gasteiger charge is -2.11. The number of ether oxygens (including phenoxy) is 1. The number of nitrogens with zero attached hydrogens (tertiary/aromatic N) is 4. The Morgan fingerprint density at radius 3 is 2.73 bits per heavy atom. The van der Waals surface area contributed by atoms with Gasteiger partial charge in [-0.1, -0.05) is 30.0 Å². The van der Waals surface area contributed by atoms with Gasteiger partial charge in [0.2, 0.25) is 0 Å². The van der Waals surface area contributed by atoms with Crippen molar-refractivity contribution >= 4 is 22.8 Å². The fraction of sp³-hybridized carbons (Fsp3) is 0.267. The van der Waals surface area contributed by atoms with Gasteiger partial charge in [0.25, 0.3) is 5.56 Å². The SMILES string of the molecule is COCCn1c(=O)c2cnc(SC)nc2n1-c1ccccc1. The Morgan fingerprint density at radius 2 is 2.05 bits per heavy atom. The van der Waals surface area contributed by atoms with E-state index in [1.807, 2.05) is 41.3 Å². The first-order valence-electron chi connectivity index (χ1n) is 6.83. The van der Waals surface area contributed by atoms with E-state index in [-0.39, 0.29) is 5.56 Å². The predicted molar refractivity (Wildman–Crippen MR) is 86.8 cm³/mol. The molecule has 7 heteroatoms. The van der Waals surface area contributed by atoms with Crippen molar-refractivity contribution < 1.29 is 4.74 Å². The Morgan fingerprint density at radius 1 is 1.27 bits per heavy atom. The highest BCUT2D eigenvalue weighted by Crippen LogP contribution is 2.17. The van der Waals surface area contributed by atoms with Gasteiger partial charge in [-0.3, -0.25) is 4.79 Å². The Labute approximate surface area is 131 Å². The number of hydrogen-bond acceptors (Lipinski definition) is 5. The number of para-hydroxylation sites is 1. The van der Waals surface area contributed by atoms with Crippen LogP contribution < -0.4 is 5.56 Å². The van der Waals surface area contributed by atoms with Crippen LogP contribution in [0.25, 0.3) is 16.7 Å². The standard InChI is InChI=1S/C15H16N4O2S/c1-21-9-8-18-14(20)12-10-16-15(22-2)17-13(12)19(18)11-6-4-3-5-7-11/h3-7,10H,8-9H2,1-2H3. The number of methoxy groups -OCH3 is 1. The van der Waals surface area contributed by atoms with Crippen molar-refractivity contribution in [3.63, 3.8) is 0 Å². The van der Waals surface area contributed by atoms with E-state index in [9.17, 15) is 4.79 Å². The summed E-state index contributed by atoms with van der Waals surface area (Å²) in [7, 11) is 1.62. The molecule has 0 bridgehead atoms. The molecule has 3 aromatic rings. The third-order valence-corrected chi connectivity index (χ3v) is 3.91. The van der Waals surface area contributed by atoms with Gasteiger partial charge in [-0.2, -0.15) is 0 Å². The highest BCUT2D eigenvalue weighted by atomic mass is 32.2. The molecule has 0 saturated heterocycles. The highest BCUT2D eigenvalue weighted by Gasteiger charge is 2.16. The molecule has 114 valence electrons. The first-order chi connectivity index (χ1) is 10.8. The highest BCUT2D eigenvalue weighted by molar-refractivity contribution is 7.98. The van der Waals surface area contributed by atoms with E-state index in [1.165, 1.54) is 11.8 Å². The zero-order chi connectivity index (χ0) is 15.5. The van der Waals surface area contributed by atoms with Crippen molar-refractivity contribution in [2.75, 3.05) is 20.0 Å². The van der Waals surface area contributed by atoms with Crippen molar-refractivity contribution in [2.45, 2.75) is 11.7 Å². The maximum atomic E-state index is 12.6. The smallest absolute Gasteiger partial charge is 0.278 e. The van der Waals surface area contributed by atoms with Crippen molar-refractivity contribution in [1.29, 1.82) is 0 Å². The van der Waals surface area contributed by atoms with Gasteiger partial charge in [0.15, 0.2) is 10.8 Å². The van der Waals surface area contributed by atoms with Crippen LogP contribution in [-0.4, -0.2) is 39.3 Å². The van der Waals surface area contributed by atoms with Crippen LogP contribution in [0.3, 0.4) is 0 Å². The molecule has 0 aliphatic rings. The molecule has 0 fully saturated rings. The summed E-state index contributed by atoms with van der Waals surface area (Å²) in [6.45, 7) is 0.904. The molecular weight excluding hydrogens is 300 g/mol. The van der Waals surface area contributed by atoms with E-state index in [4.69, 9.17) is 4.74 Å². The van der Waals surface area contributed by atoms with Gasteiger partial charge in [-0.05, 0) is 18.4 Å². The van der Waals surface area contributed by atoms with E-state index in [1.54, 1.807) is 18.0 Å². The van der Waals surface area contributed by atoms with Crippen LogP contribution in [0, 0.1) is 0 Å².